The van der Waals surface area contributed by atoms with Gasteiger partial charge in [0.05, 0.1) is 22.7 Å². The largest absolute Gasteiger partial charge is 0.495 e. The zero-order valence-electron chi connectivity index (χ0n) is 14.0. The number of fused-ring (bicyclic) bond motifs is 1. The molecule has 2 aromatic carbocycles. The van der Waals surface area contributed by atoms with Crippen LogP contribution >= 0.6 is 11.6 Å². The summed E-state index contributed by atoms with van der Waals surface area (Å²) in [6.07, 6.45) is 0. The van der Waals surface area contributed by atoms with Crippen molar-refractivity contribution in [3.8, 4) is 5.75 Å². The number of amides is 1. The fourth-order valence-corrected chi connectivity index (χ4v) is 3.65. The minimum atomic E-state index is -3.93. The number of ether oxygens (including phenoxy) is 1. The average Bonchev–Trinajstić information content (AvgIpc) is 2.85. The first-order valence-corrected chi connectivity index (χ1v) is 9.41. The van der Waals surface area contributed by atoms with Gasteiger partial charge in [0.15, 0.2) is 0 Å². The van der Waals surface area contributed by atoms with Gasteiger partial charge in [0.1, 0.15) is 11.4 Å². The molecule has 1 aromatic heterocycles. The first-order valence-electron chi connectivity index (χ1n) is 7.49. The molecule has 0 spiro atoms. The number of carbonyl (C=O) groups is 1. The van der Waals surface area contributed by atoms with Crippen molar-refractivity contribution in [3.05, 3.63) is 53.2 Å². The van der Waals surface area contributed by atoms with Gasteiger partial charge in [-0.2, -0.15) is 0 Å². The zero-order valence-corrected chi connectivity index (χ0v) is 15.6. The van der Waals surface area contributed by atoms with Crippen molar-refractivity contribution >= 4 is 44.1 Å². The number of methoxy groups -OCH3 is 1. The first kappa shape index (κ1) is 18.2. The Balaban J connectivity index is 2.06. The molecule has 9 heteroatoms. The van der Waals surface area contributed by atoms with Crippen molar-refractivity contribution in [2.75, 3.05) is 12.4 Å². The van der Waals surface area contributed by atoms with Gasteiger partial charge < -0.3 is 14.6 Å². The number of nitrogens with zero attached hydrogens (tertiary/aromatic N) is 1. The maximum absolute atomic E-state index is 12.8. The van der Waals surface area contributed by atoms with Crippen LogP contribution in [0.15, 0.2) is 47.4 Å². The third kappa shape index (κ3) is 3.14. The topological polar surface area (TPSA) is 103 Å². The smallest absolute Gasteiger partial charge is 0.273 e. The monoisotopic (exact) mass is 393 g/mol. The van der Waals surface area contributed by atoms with Crippen molar-refractivity contribution in [3.63, 3.8) is 0 Å². The molecular formula is C17H16ClN3O4S. The molecule has 1 heterocycles. The molecule has 0 fully saturated rings. The van der Waals surface area contributed by atoms with E-state index >= 15 is 0 Å². The molecule has 0 aliphatic rings. The van der Waals surface area contributed by atoms with Crippen LogP contribution in [0, 0.1) is 0 Å². The Labute approximate surface area is 155 Å². The highest BCUT2D eigenvalue weighted by molar-refractivity contribution is 7.89. The van der Waals surface area contributed by atoms with Crippen LogP contribution in [0.3, 0.4) is 0 Å². The highest BCUT2D eigenvalue weighted by Gasteiger charge is 2.21. The van der Waals surface area contributed by atoms with E-state index in [9.17, 15) is 13.2 Å². The fourth-order valence-electron chi connectivity index (χ4n) is 2.74. The van der Waals surface area contributed by atoms with Crippen LogP contribution < -0.4 is 15.2 Å². The number of rotatable bonds is 4. The number of carbonyl (C=O) groups excluding carboxylic acids is 1. The standard InChI is InChI=1S/C17H16ClN3O4S/c1-21-13-6-4-3-5-11(13)15(18)16(21)17(22)20-12-9-10(26(19,23)24)7-8-14(12)25-2/h3-9H,1-2H3,(H,20,22)(H2,19,23,24). The van der Waals surface area contributed by atoms with E-state index in [4.69, 9.17) is 21.5 Å². The number of nitrogens with two attached hydrogens (primary N) is 1. The van der Waals surface area contributed by atoms with Gasteiger partial charge in [0.25, 0.3) is 5.91 Å². The summed E-state index contributed by atoms with van der Waals surface area (Å²) in [6.45, 7) is 0. The van der Waals surface area contributed by atoms with Crippen molar-refractivity contribution < 1.29 is 17.9 Å². The van der Waals surface area contributed by atoms with E-state index < -0.39 is 15.9 Å². The lowest BCUT2D eigenvalue weighted by molar-refractivity contribution is 0.101. The maximum atomic E-state index is 12.8. The van der Waals surface area contributed by atoms with Crippen LogP contribution in [-0.4, -0.2) is 26.0 Å². The van der Waals surface area contributed by atoms with E-state index in [0.717, 1.165) is 10.9 Å². The Hall–Kier alpha value is -2.55. The number of aryl methyl sites for hydroxylation is 1. The Morgan fingerprint density at radius 2 is 1.92 bits per heavy atom. The molecule has 3 aromatic rings. The Morgan fingerprint density at radius 1 is 1.23 bits per heavy atom. The van der Waals surface area contributed by atoms with Gasteiger partial charge in [0, 0.05) is 18.0 Å². The van der Waals surface area contributed by atoms with Gasteiger partial charge in [0.2, 0.25) is 10.0 Å². The highest BCUT2D eigenvalue weighted by atomic mass is 35.5. The maximum Gasteiger partial charge on any atom is 0.273 e. The molecule has 136 valence electrons. The van der Waals surface area contributed by atoms with Gasteiger partial charge in [-0.1, -0.05) is 29.8 Å². The van der Waals surface area contributed by atoms with Crippen molar-refractivity contribution in [1.29, 1.82) is 0 Å². The van der Waals surface area contributed by atoms with E-state index in [1.807, 2.05) is 24.3 Å². The first-order chi connectivity index (χ1) is 12.2. The third-order valence-corrected chi connectivity index (χ3v) is 5.30. The van der Waals surface area contributed by atoms with Gasteiger partial charge in [-0.15, -0.1) is 0 Å². The molecule has 26 heavy (non-hydrogen) atoms. The van der Waals surface area contributed by atoms with E-state index in [-0.39, 0.29) is 16.3 Å². The van der Waals surface area contributed by atoms with Crippen LogP contribution in [0.1, 0.15) is 10.5 Å². The SMILES string of the molecule is COc1ccc(S(N)(=O)=O)cc1NC(=O)c1c(Cl)c2ccccc2n1C. The summed E-state index contributed by atoms with van der Waals surface area (Å²) >= 11 is 6.37. The number of anilines is 1. The number of benzene rings is 2. The van der Waals surface area contributed by atoms with Crippen LogP contribution in [0.25, 0.3) is 10.9 Å². The van der Waals surface area contributed by atoms with E-state index in [2.05, 4.69) is 5.32 Å². The quantitative estimate of drug-likeness (QED) is 0.711. The van der Waals surface area contributed by atoms with Gasteiger partial charge >= 0.3 is 0 Å². The summed E-state index contributed by atoms with van der Waals surface area (Å²) in [5, 5.41) is 8.85. The summed E-state index contributed by atoms with van der Waals surface area (Å²) in [7, 11) is -0.794. The van der Waals surface area contributed by atoms with Crippen LogP contribution in [0.5, 0.6) is 5.75 Å². The number of hydrogen-bond donors (Lipinski definition) is 2. The second-order valence-corrected chi connectivity index (χ2v) is 7.54. The minimum absolute atomic E-state index is 0.142. The Morgan fingerprint density at radius 3 is 2.54 bits per heavy atom. The molecule has 0 unspecified atom stereocenters. The number of nitrogens with one attached hydrogen (secondary N) is 1. The Bertz CT molecular complexity index is 1080. The molecule has 1 amide bonds. The van der Waals surface area contributed by atoms with E-state index in [1.54, 1.807) is 11.6 Å². The number of sulfonamides is 1. The Kier molecular flexibility index (Phi) is 4.66. The van der Waals surface area contributed by atoms with Crippen LogP contribution in [0.4, 0.5) is 5.69 Å². The number of halogens is 1. The summed E-state index contributed by atoms with van der Waals surface area (Å²) in [6, 6.07) is 11.3. The average molecular weight is 394 g/mol. The van der Waals surface area contributed by atoms with E-state index in [1.165, 1.54) is 25.3 Å². The molecule has 0 aliphatic carbocycles. The van der Waals surface area contributed by atoms with Gasteiger partial charge in [-0.05, 0) is 24.3 Å². The molecule has 0 atom stereocenters. The summed E-state index contributed by atoms with van der Waals surface area (Å²) in [4.78, 5) is 12.7. The molecule has 0 saturated heterocycles. The molecule has 3 N–H and O–H groups in total. The number of hydrogen-bond acceptors (Lipinski definition) is 4. The van der Waals surface area contributed by atoms with Crippen LogP contribution in [0.2, 0.25) is 5.02 Å². The molecule has 7 nitrogen and oxygen atoms in total. The molecule has 0 radical (unpaired) electrons. The summed E-state index contributed by atoms with van der Waals surface area (Å²) in [5.74, 6) is -0.209. The van der Waals surface area contributed by atoms with E-state index in [0.29, 0.717) is 10.8 Å². The highest BCUT2D eigenvalue weighted by Crippen LogP contribution is 2.32. The lowest BCUT2D eigenvalue weighted by Gasteiger charge is -2.12. The molecule has 0 aliphatic heterocycles. The second-order valence-electron chi connectivity index (χ2n) is 5.60. The third-order valence-electron chi connectivity index (χ3n) is 4.01. The number of primary sulfonamides is 1. The van der Waals surface area contributed by atoms with Gasteiger partial charge in [-0.25, -0.2) is 13.6 Å². The second kappa shape index (κ2) is 6.64. The number of para-hydroxylation sites is 1. The molecule has 0 bridgehead atoms. The molecule has 0 saturated carbocycles. The summed E-state index contributed by atoms with van der Waals surface area (Å²) < 4.78 is 30.0. The lowest BCUT2D eigenvalue weighted by Crippen LogP contribution is -2.18. The van der Waals surface area contributed by atoms with Gasteiger partial charge in [-0.3, -0.25) is 4.79 Å². The normalized spacial score (nSPS) is 11.5. The molecule has 3 rings (SSSR count). The van der Waals surface area contributed by atoms with Crippen molar-refractivity contribution in [2.24, 2.45) is 12.2 Å². The van der Waals surface area contributed by atoms with Crippen molar-refractivity contribution in [2.45, 2.75) is 4.90 Å². The predicted molar refractivity (Wildman–Crippen MR) is 100 cm³/mol. The number of aromatic nitrogens is 1. The zero-order chi connectivity index (χ0) is 19.1. The van der Waals surface area contributed by atoms with Crippen LogP contribution in [-0.2, 0) is 17.1 Å². The fraction of sp³-hybridized carbons (Fsp3) is 0.118. The molecular weight excluding hydrogens is 378 g/mol. The minimum Gasteiger partial charge on any atom is -0.495 e. The lowest BCUT2D eigenvalue weighted by atomic mass is 10.2. The predicted octanol–water partition coefficient (Wildman–Crippen LogP) is 2.74. The summed E-state index contributed by atoms with van der Waals surface area (Å²) in [5.41, 5.74) is 1.22. The van der Waals surface area contributed by atoms with Crippen molar-refractivity contribution in [1.82, 2.24) is 4.57 Å².